The Balaban J connectivity index is 1.67. The molecule has 25 heavy (non-hydrogen) atoms. The summed E-state index contributed by atoms with van der Waals surface area (Å²) < 4.78 is 5.78. The summed E-state index contributed by atoms with van der Waals surface area (Å²) in [5, 5.41) is 1.15. The second-order valence-corrected chi connectivity index (χ2v) is 6.37. The van der Waals surface area contributed by atoms with Crippen LogP contribution in [0.4, 0.5) is 0 Å². The summed E-state index contributed by atoms with van der Waals surface area (Å²) >= 11 is 0. The number of rotatable bonds is 5. The summed E-state index contributed by atoms with van der Waals surface area (Å²) in [6.07, 6.45) is 0.601. The van der Waals surface area contributed by atoms with E-state index in [1.54, 1.807) is 0 Å². The Labute approximate surface area is 147 Å². The molecule has 0 N–H and O–H groups in total. The molecule has 1 unspecified atom stereocenters. The van der Waals surface area contributed by atoms with E-state index in [2.05, 4.69) is 0 Å². The van der Waals surface area contributed by atoms with Crippen molar-refractivity contribution in [2.45, 2.75) is 32.3 Å². The van der Waals surface area contributed by atoms with Gasteiger partial charge in [0.15, 0.2) is 0 Å². The van der Waals surface area contributed by atoms with Crippen LogP contribution in [0.25, 0.3) is 0 Å². The Morgan fingerprint density at radius 3 is 2.44 bits per heavy atom. The number of hydrogen-bond acceptors (Lipinski definition) is 4. The monoisotopic (exact) mass is 339 g/mol. The largest absolute Gasteiger partial charge is 0.489 e. The van der Waals surface area contributed by atoms with Gasteiger partial charge in [-0.25, -0.2) is 0 Å². The number of carbonyl (C=O) groups excluding carboxylic acids is 2. The third-order valence-electron chi connectivity index (χ3n) is 4.49. The first-order valence-corrected chi connectivity index (χ1v) is 8.27. The maximum absolute atomic E-state index is 12.6. The first-order chi connectivity index (χ1) is 12.0. The molecule has 5 heteroatoms. The van der Waals surface area contributed by atoms with Crippen LogP contribution in [0, 0.1) is 0 Å². The zero-order valence-electron chi connectivity index (χ0n) is 14.4. The van der Waals surface area contributed by atoms with Crippen molar-refractivity contribution in [3.8, 4) is 5.75 Å². The molecule has 1 aliphatic rings. The van der Waals surface area contributed by atoms with Gasteiger partial charge in [-0.1, -0.05) is 42.5 Å². The van der Waals surface area contributed by atoms with E-state index in [9.17, 15) is 9.59 Å². The number of hydroxylamine groups is 2. The fourth-order valence-electron chi connectivity index (χ4n) is 2.98. The Hall–Kier alpha value is -2.82. The zero-order chi connectivity index (χ0) is 17.9. The van der Waals surface area contributed by atoms with Gasteiger partial charge in [-0.2, -0.15) is 5.06 Å². The lowest BCUT2D eigenvalue weighted by Gasteiger charge is -2.23. The van der Waals surface area contributed by atoms with E-state index in [-0.39, 0.29) is 5.91 Å². The van der Waals surface area contributed by atoms with E-state index in [1.807, 2.05) is 61.5 Å². The van der Waals surface area contributed by atoms with E-state index in [0.29, 0.717) is 19.6 Å². The van der Waals surface area contributed by atoms with Crippen LogP contribution in [0.3, 0.4) is 0 Å². The lowest BCUT2D eigenvalue weighted by atomic mass is 9.81. The predicted octanol–water partition coefficient (Wildman–Crippen LogP) is 3.23. The summed E-state index contributed by atoms with van der Waals surface area (Å²) in [6.45, 7) is 4.07. The highest BCUT2D eigenvalue weighted by molar-refractivity contribution is 5.90. The number of carbonyl (C=O) groups is 2. The van der Waals surface area contributed by atoms with Gasteiger partial charge in [-0.3, -0.25) is 9.59 Å². The molecule has 2 aromatic carbocycles. The summed E-state index contributed by atoms with van der Waals surface area (Å²) in [7, 11) is 0. The Morgan fingerprint density at radius 1 is 1.12 bits per heavy atom. The van der Waals surface area contributed by atoms with Crippen molar-refractivity contribution >= 4 is 11.9 Å². The van der Waals surface area contributed by atoms with Gasteiger partial charge in [0, 0.05) is 6.92 Å². The van der Waals surface area contributed by atoms with Gasteiger partial charge >= 0.3 is 5.97 Å². The predicted molar refractivity (Wildman–Crippen MR) is 92.7 cm³/mol. The second kappa shape index (κ2) is 6.97. The van der Waals surface area contributed by atoms with Crippen molar-refractivity contribution in [2.75, 3.05) is 6.54 Å². The summed E-state index contributed by atoms with van der Waals surface area (Å²) in [4.78, 5) is 28.6. The van der Waals surface area contributed by atoms with E-state index in [4.69, 9.17) is 9.57 Å². The van der Waals surface area contributed by atoms with Crippen LogP contribution in [-0.4, -0.2) is 23.5 Å². The molecule has 1 saturated heterocycles. The van der Waals surface area contributed by atoms with E-state index < -0.39 is 11.4 Å². The van der Waals surface area contributed by atoms with Gasteiger partial charge in [0.1, 0.15) is 12.4 Å². The zero-order valence-corrected chi connectivity index (χ0v) is 14.4. The van der Waals surface area contributed by atoms with Crippen molar-refractivity contribution < 1.29 is 19.2 Å². The molecule has 1 atom stereocenters. The highest BCUT2D eigenvalue weighted by Gasteiger charge is 2.45. The number of benzene rings is 2. The maximum Gasteiger partial charge on any atom is 0.329 e. The van der Waals surface area contributed by atoms with E-state index in [1.165, 1.54) is 6.92 Å². The molecule has 0 bridgehead atoms. The van der Waals surface area contributed by atoms with Crippen LogP contribution < -0.4 is 4.74 Å². The minimum absolute atomic E-state index is 0.194. The van der Waals surface area contributed by atoms with Crippen molar-refractivity contribution in [3.05, 3.63) is 65.7 Å². The van der Waals surface area contributed by atoms with Crippen LogP contribution >= 0.6 is 0 Å². The van der Waals surface area contributed by atoms with Gasteiger partial charge in [0.25, 0.3) is 5.91 Å². The normalized spacial score (nSPS) is 19.8. The third kappa shape index (κ3) is 3.65. The molecule has 130 valence electrons. The highest BCUT2D eigenvalue weighted by atomic mass is 16.7. The quantitative estimate of drug-likeness (QED) is 0.839. The topological polar surface area (TPSA) is 55.8 Å². The lowest BCUT2D eigenvalue weighted by molar-refractivity contribution is -0.192. The average molecular weight is 339 g/mol. The van der Waals surface area contributed by atoms with Crippen LogP contribution in [0.1, 0.15) is 31.4 Å². The molecule has 1 fully saturated rings. The first kappa shape index (κ1) is 17.0. The van der Waals surface area contributed by atoms with Crippen molar-refractivity contribution in [1.82, 2.24) is 5.06 Å². The van der Waals surface area contributed by atoms with Crippen molar-refractivity contribution in [3.63, 3.8) is 0 Å². The molecule has 1 heterocycles. The van der Waals surface area contributed by atoms with Crippen molar-refractivity contribution in [2.24, 2.45) is 0 Å². The highest BCUT2D eigenvalue weighted by Crippen LogP contribution is 2.36. The Morgan fingerprint density at radius 2 is 1.80 bits per heavy atom. The lowest BCUT2D eigenvalue weighted by Crippen LogP contribution is -2.36. The molecule has 1 aliphatic heterocycles. The van der Waals surface area contributed by atoms with Gasteiger partial charge < -0.3 is 9.57 Å². The molecular formula is C20H21NO4. The molecule has 0 saturated carbocycles. The van der Waals surface area contributed by atoms with Crippen LogP contribution in [-0.2, 0) is 26.4 Å². The second-order valence-electron chi connectivity index (χ2n) is 6.37. The molecule has 3 rings (SSSR count). The Bertz CT molecular complexity index is 757. The molecule has 0 aromatic heterocycles. The minimum Gasteiger partial charge on any atom is -0.489 e. The number of ether oxygens (including phenoxy) is 1. The first-order valence-electron chi connectivity index (χ1n) is 8.27. The summed E-state index contributed by atoms with van der Waals surface area (Å²) in [6, 6.07) is 17.5. The molecule has 5 nitrogen and oxygen atoms in total. The average Bonchev–Trinajstić information content (AvgIpc) is 2.90. The fraction of sp³-hybridized carbons (Fsp3) is 0.300. The van der Waals surface area contributed by atoms with E-state index in [0.717, 1.165) is 21.9 Å². The van der Waals surface area contributed by atoms with E-state index >= 15 is 0 Å². The van der Waals surface area contributed by atoms with Gasteiger partial charge in [-0.15, -0.1) is 0 Å². The Kier molecular flexibility index (Phi) is 4.74. The molecule has 1 amide bonds. The van der Waals surface area contributed by atoms with Crippen molar-refractivity contribution in [1.29, 1.82) is 0 Å². The molecule has 0 spiro atoms. The van der Waals surface area contributed by atoms with Crippen LogP contribution in [0.15, 0.2) is 54.6 Å². The van der Waals surface area contributed by atoms with Gasteiger partial charge in [0.05, 0.1) is 12.0 Å². The van der Waals surface area contributed by atoms with Gasteiger partial charge in [-0.05, 0) is 36.6 Å². The number of amides is 1. The fourth-order valence-corrected chi connectivity index (χ4v) is 2.98. The SMILES string of the molecule is CC(=O)ON1CCC(C)(c2ccc(OCc3ccccc3)cc2)C1=O. The minimum atomic E-state index is -0.687. The maximum atomic E-state index is 12.6. The summed E-state index contributed by atoms with van der Waals surface area (Å²) in [5.74, 6) is 0.0707. The van der Waals surface area contributed by atoms with Crippen LogP contribution in [0.5, 0.6) is 5.75 Å². The molecule has 2 aromatic rings. The number of nitrogens with zero attached hydrogens (tertiary/aromatic N) is 1. The number of hydrogen-bond donors (Lipinski definition) is 0. The smallest absolute Gasteiger partial charge is 0.329 e. The molecule has 0 aliphatic carbocycles. The molecular weight excluding hydrogens is 318 g/mol. The van der Waals surface area contributed by atoms with Crippen LogP contribution in [0.2, 0.25) is 0 Å². The molecule has 0 radical (unpaired) electrons. The third-order valence-corrected chi connectivity index (χ3v) is 4.49. The standard InChI is InChI=1S/C20H21NO4/c1-15(22)25-21-13-12-20(2,19(21)23)17-8-10-18(11-9-17)24-14-16-6-4-3-5-7-16/h3-11H,12-14H2,1-2H3. The van der Waals surface area contributed by atoms with Gasteiger partial charge in [0.2, 0.25) is 0 Å². The summed E-state index contributed by atoms with van der Waals surface area (Å²) in [5.41, 5.74) is 1.30.